The van der Waals surface area contributed by atoms with Gasteiger partial charge >= 0.3 is 0 Å². The van der Waals surface area contributed by atoms with E-state index >= 15 is 0 Å². The summed E-state index contributed by atoms with van der Waals surface area (Å²) in [6.07, 6.45) is 2.68. The first-order valence-electron chi connectivity index (χ1n) is 8.27. The number of benzene rings is 2. The van der Waals surface area contributed by atoms with Crippen LogP contribution in [0.5, 0.6) is 0 Å². The summed E-state index contributed by atoms with van der Waals surface area (Å²) in [5.41, 5.74) is 1.42. The highest BCUT2D eigenvalue weighted by molar-refractivity contribution is 6.30. The molecule has 1 aliphatic heterocycles. The zero-order valence-electron chi connectivity index (χ0n) is 13.6. The summed E-state index contributed by atoms with van der Waals surface area (Å²) in [5.74, 6) is -0.0230. The lowest BCUT2D eigenvalue weighted by Crippen LogP contribution is -2.45. The average Bonchev–Trinajstić information content (AvgIpc) is 3.11. The van der Waals surface area contributed by atoms with Gasteiger partial charge in [-0.3, -0.25) is 9.89 Å². The fourth-order valence-electron chi connectivity index (χ4n) is 3.45. The Morgan fingerprint density at radius 3 is 2.60 bits per heavy atom. The molecule has 0 atom stereocenters. The quantitative estimate of drug-likeness (QED) is 0.740. The van der Waals surface area contributed by atoms with Crippen LogP contribution in [0.2, 0.25) is 5.02 Å². The van der Waals surface area contributed by atoms with Crippen molar-refractivity contribution in [3.63, 3.8) is 0 Å². The lowest BCUT2D eigenvalue weighted by atomic mass is 9.84. The van der Waals surface area contributed by atoms with Gasteiger partial charge in [-0.2, -0.15) is 5.10 Å². The van der Waals surface area contributed by atoms with Crippen LogP contribution >= 0.6 is 11.6 Å². The molecule has 3 aromatic rings. The second-order valence-corrected chi connectivity index (χ2v) is 6.90. The number of aromatic nitrogens is 2. The number of carbonyl (C=O) groups excluding carboxylic acids is 1. The van der Waals surface area contributed by atoms with Crippen molar-refractivity contribution in [1.29, 1.82) is 0 Å². The Hall–Kier alpha value is -2.37. The molecule has 128 valence electrons. The van der Waals surface area contributed by atoms with E-state index in [0.717, 1.165) is 16.5 Å². The van der Waals surface area contributed by atoms with Crippen LogP contribution in [0.4, 0.5) is 0 Å². The van der Waals surface area contributed by atoms with Gasteiger partial charge in [0.2, 0.25) is 0 Å². The highest BCUT2D eigenvalue weighted by Crippen LogP contribution is 2.34. The van der Waals surface area contributed by atoms with Crippen molar-refractivity contribution in [2.45, 2.75) is 18.4 Å². The number of halogens is 1. The molecule has 0 aliphatic carbocycles. The third kappa shape index (κ3) is 2.90. The summed E-state index contributed by atoms with van der Waals surface area (Å²) in [4.78, 5) is 14.7. The number of hydrogen-bond acceptors (Lipinski definition) is 3. The van der Waals surface area contributed by atoms with E-state index in [1.807, 2.05) is 30.3 Å². The summed E-state index contributed by atoms with van der Waals surface area (Å²) in [6, 6.07) is 12.8. The van der Waals surface area contributed by atoms with Gasteiger partial charge in [0, 0.05) is 23.5 Å². The molecule has 0 radical (unpaired) electrons. The largest absolute Gasteiger partial charge is 0.385 e. The van der Waals surface area contributed by atoms with Gasteiger partial charge in [0.15, 0.2) is 0 Å². The molecular formula is C19H18ClN3O2. The topological polar surface area (TPSA) is 69.2 Å². The van der Waals surface area contributed by atoms with Gasteiger partial charge in [-0.25, -0.2) is 0 Å². The molecule has 4 rings (SSSR count). The SMILES string of the molecule is O=C(c1cccc2[nH]ncc12)N1CCC(O)(c2ccc(Cl)cc2)CC1. The number of fused-ring (bicyclic) bond motifs is 1. The Labute approximate surface area is 150 Å². The van der Waals surface area contributed by atoms with E-state index in [4.69, 9.17) is 11.6 Å². The van der Waals surface area contributed by atoms with E-state index in [1.165, 1.54) is 0 Å². The minimum Gasteiger partial charge on any atom is -0.385 e. The molecule has 0 saturated carbocycles. The number of nitrogens with one attached hydrogen (secondary N) is 1. The standard InChI is InChI=1S/C19H18ClN3O2/c20-14-6-4-13(5-7-14)19(25)8-10-23(11-9-19)18(24)15-2-1-3-17-16(15)12-21-22-17/h1-7,12,25H,8-11H2,(H,21,22). The number of amides is 1. The first-order chi connectivity index (χ1) is 12.1. The second-order valence-electron chi connectivity index (χ2n) is 6.47. The van der Waals surface area contributed by atoms with Crippen LogP contribution in [0, 0.1) is 0 Å². The molecule has 0 bridgehead atoms. The Morgan fingerprint density at radius 2 is 1.88 bits per heavy atom. The predicted molar refractivity (Wildman–Crippen MR) is 96.6 cm³/mol. The van der Waals surface area contributed by atoms with Gasteiger partial charge in [-0.15, -0.1) is 0 Å². The molecule has 2 heterocycles. The number of H-pyrrole nitrogens is 1. The second kappa shape index (κ2) is 6.17. The average molecular weight is 356 g/mol. The smallest absolute Gasteiger partial charge is 0.254 e. The number of aromatic amines is 1. The van der Waals surface area contributed by atoms with Crippen molar-refractivity contribution in [2.75, 3.05) is 13.1 Å². The van der Waals surface area contributed by atoms with Crippen molar-refractivity contribution in [3.05, 3.63) is 64.8 Å². The summed E-state index contributed by atoms with van der Waals surface area (Å²) >= 11 is 5.92. The number of rotatable bonds is 2. The summed E-state index contributed by atoms with van der Waals surface area (Å²) < 4.78 is 0. The number of piperidine rings is 1. The van der Waals surface area contributed by atoms with Crippen molar-refractivity contribution in [1.82, 2.24) is 15.1 Å². The molecule has 6 heteroatoms. The maximum absolute atomic E-state index is 12.9. The van der Waals surface area contributed by atoms with Crippen molar-refractivity contribution in [3.8, 4) is 0 Å². The molecule has 25 heavy (non-hydrogen) atoms. The number of hydrogen-bond donors (Lipinski definition) is 2. The Morgan fingerprint density at radius 1 is 1.16 bits per heavy atom. The molecule has 1 fully saturated rings. The number of aliphatic hydroxyl groups is 1. The van der Waals surface area contributed by atoms with Gasteiger partial charge in [-0.05, 0) is 42.7 Å². The highest BCUT2D eigenvalue weighted by Gasteiger charge is 2.35. The number of likely N-dealkylation sites (tertiary alicyclic amines) is 1. The Kier molecular flexibility index (Phi) is 3.98. The van der Waals surface area contributed by atoms with Crippen LogP contribution in [-0.2, 0) is 5.60 Å². The Bertz CT molecular complexity index is 912. The van der Waals surface area contributed by atoms with E-state index in [-0.39, 0.29) is 5.91 Å². The van der Waals surface area contributed by atoms with Crippen LogP contribution in [-0.4, -0.2) is 39.2 Å². The monoisotopic (exact) mass is 355 g/mol. The van der Waals surface area contributed by atoms with Crippen LogP contribution in [0.1, 0.15) is 28.8 Å². The molecule has 2 aromatic carbocycles. The van der Waals surface area contributed by atoms with E-state index in [2.05, 4.69) is 10.2 Å². The first kappa shape index (κ1) is 16.1. The maximum Gasteiger partial charge on any atom is 0.254 e. The predicted octanol–water partition coefficient (Wildman–Crippen LogP) is 3.34. The molecule has 5 nitrogen and oxygen atoms in total. The molecule has 1 aromatic heterocycles. The highest BCUT2D eigenvalue weighted by atomic mass is 35.5. The lowest BCUT2D eigenvalue weighted by Gasteiger charge is -2.38. The number of nitrogens with zero attached hydrogens (tertiary/aromatic N) is 2. The third-order valence-electron chi connectivity index (χ3n) is 4.97. The Balaban J connectivity index is 1.52. The molecule has 1 amide bonds. The number of carbonyl (C=O) groups is 1. The van der Waals surface area contributed by atoms with Crippen molar-refractivity contribution >= 4 is 28.4 Å². The van der Waals surface area contributed by atoms with Gasteiger partial charge in [0.05, 0.1) is 22.9 Å². The van der Waals surface area contributed by atoms with Crippen molar-refractivity contribution in [2.24, 2.45) is 0 Å². The van der Waals surface area contributed by atoms with Gasteiger partial charge in [0.1, 0.15) is 0 Å². The maximum atomic E-state index is 12.9. The van der Waals surface area contributed by atoms with Crippen LogP contribution in [0.3, 0.4) is 0 Å². The van der Waals surface area contributed by atoms with E-state index in [9.17, 15) is 9.90 Å². The van der Waals surface area contributed by atoms with E-state index < -0.39 is 5.60 Å². The summed E-state index contributed by atoms with van der Waals surface area (Å²) in [7, 11) is 0. The van der Waals surface area contributed by atoms with Gasteiger partial charge in [-0.1, -0.05) is 29.8 Å². The summed E-state index contributed by atoms with van der Waals surface area (Å²) in [6.45, 7) is 1.01. The fraction of sp³-hybridized carbons (Fsp3) is 0.263. The van der Waals surface area contributed by atoms with Gasteiger partial charge < -0.3 is 10.0 Å². The molecule has 0 unspecified atom stereocenters. The zero-order valence-corrected chi connectivity index (χ0v) is 14.3. The first-order valence-corrected chi connectivity index (χ1v) is 8.64. The molecule has 2 N–H and O–H groups in total. The normalized spacial score (nSPS) is 17.0. The minimum absolute atomic E-state index is 0.0230. The summed E-state index contributed by atoms with van der Waals surface area (Å²) in [5, 5.41) is 19.3. The van der Waals surface area contributed by atoms with E-state index in [0.29, 0.717) is 36.5 Å². The van der Waals surface area contributed by atoms with Crippen molar-refractivity contribution < 1.29 is 9.90 Å². The molecule has 1 saturated heterocycles. The van der Waals surface area contributed by atoms with Crippen LogP contribution in [0.25, 0.3) is 10.9 Å². The van der Waals surface area contributed by atoms with Crippen LogP contribution in [0.15, 0.2) is 48.7 Å². The van der Waals surface area contributed by atoms with Gasteiger partial charge in [0.25, 0.3) is 5.91 Å². The third-order valence-corrected chi connectivity index (χ3v) is 5.23. The molecule has 0 spiro atoms. The molecular weight excluding hydrogens is 338 g/mol. The molecule has 1 aliphatic rings. The zero-order chi connectivity index (χ0) is 17.4. The van der Waals surface area contributed by atoms with Crippen LogP contribution < -0.4 is 0 Å². The minimum atomic E-state index is -0.914. The fourth-order valence-corrected chi connectivity index (χ4v) is 3.58. The van der Waals surface area contributed by atoms with E-state index in [1.54, 1.807) is 23.2 Å². The lowest BCUT2D eigenvalue weighted by molar-refractivity contribution is -0.0211.